The zero-order chi connectivity index (χ0) is 0. The summed E-state index contributed by atoms with van der Waals surface area (Å²) < 4.78 is 0. The molecule has 0 heterocycles. The van der Waals surface area contributed by atoms with Gasteiger partial charge in [-0.1, -0.05) is 0 Å². The topological polar surface area (TPSA) is 0 Å². The van der Waals surface area contributed by atoms with E-state index in [1.165, 1.54) is 0 Å². The Hall–Kier alpha value is 5.31. The molecule has 0 aliphatic heterocycles. The van der Waals surface area contributed by atoms with Crippen molar-refractivity contribution in [3.05, 3.63) is 0 Å². The van der Waals surface area contributed by atoms with E-state index in [0.29, 0.717) is 0 Å². The molecule has 14 valence electrons. The normalized spacial score (nSPS) is 0. The molecule has 0 atom stereocenters. The zero-order valence-electron chi connectivity index (χ0n) is 7.54. The van der Waals surface area contributed by atoms with Crippen LogP contribution in [-0.2, 0) is 66.3 Å². The minimum Gasteiger partial charge on any atom is -1.00 e. The van der Waals surface area contributed by atoms with Crippen molar-refractivity contribution >= 4 is 97.8 Å². The third-order valence-corrected chi connectivity index (χ3v) is 0. The van der Waals surface area contributed by atoms with E-state index in [9.17, 15) is 0 Å². The molecule has 0 spiro atoms. The van der Waals surface area contributed by atoms with E-state index in [-0.39, 0.29) is 170 Å². The Labute approximate surface area is 165 Å². The number of hydrogen-bond acceptors (Lipinski definition) is 0. The average molecular weight is 522 g/mol. The van der Waals surface area contributed by atoms with Crippen LogP contribution in [0.25, 0.3) is 0 Å². The molecule has 0 saturated heterocycles. The summed E-state index contributed by atoms with van der Waals surface area (Å²) in [5.74, 6) is 0. The van der Waals surface area contributed by atoms with Crippen molar-refractivity contribution in [2.45, 2.75) is 0 Å². The number of hydrogen-bond donors (Lipinski definition) is 0. The van der Waals surface area contributed by atoms with Crippen molar-refractivity contribution in [1.82, 2.24) is 0 Å². The SMILES string of the molecule is [Ba+2].[Ba+2].[Cd].[H-].[H-].[H-].[H-].[Zn].[Zn]. The molecule has 0 aromatic rings. The third-order valence-electron chi connectivity index (χ3n) is 0. The van der Waals surface area contributed by atoms with Crippen molar-refractivity contribution < 1.29 is 72.0 Å². The fourth-order valence-electron chi connectivity index (χ4n) is 0. The smallest absolute Gasteiger partial charge is 1.00 e. The van der Waals surface area contributed by atoms with Crippen LogP contribution in [0.1, 0.15) is 5.71 Å². The van der Waals surface area contributed by atoms with Gasteiger partial charge in [-0.3, -0.25) is 0 Å². The van der Waals surface area contributed by atoms with Gasteiger partial charge in [-0.2, -0.15) is 0 Å². The Bertz CT molecular complexity index is 16.5. The fraction of sp³-hybridized carbons (Fsp3) is 0. The van der Waals surface area contributed by atoms with Crippen molar-refractivity contribution in [3.63, 3.8) is 0 Å². The molecule has 5 heteroatoms. The third kappa shape index (κ3) is 17.6. The molecule has 0 amide bonds. The monoisotopic (exact) mass is 522 g/mol. The zero-order valence-corrected chi connectivity index (χ0v) is 22.4. The Morgan fingerprint density at radius 3 is 0.800 bits per heavy atom. The van der Waals surface area contributed by atoms with Crippen molar-refractivity contribution in [2.75, 3.05) is 0 Å². The summed E-state index contributed by atoms with van der Waals surface area (Å²) in [6.45, 7) is 0. The molecule has 0 aliphatic rings. The molecule has 0 unspecified atom stereocenters. The average Bonchev–Trinajstić information content (AvgIpc) is 0. The predicted molar refractivity (Wildman–Crippen MR) is 16.0 cm³/mol. The van der Waals surface area contributed by atoms with Gasteiger partial charge in [-0.15, -0.1) is 0 Å². The molecule has 0 aromatic carbocycles. The van der Waals surface area contributed by atoms with Crippen LogP contribution in [0.15, 0.2) is 0 Å². The maximum atomic E-state index is 0. The summed E-state index contributed by atoms with van der Waals surface area (Å²) >= 11 is 0. The van der Waals surface area contributed by atoms with E-state index in [1.54, 1.807) is 0 Å². The first-order chi connectivity index (χ1) is 0. The largest absolute Gasteiger partial charge is 2.00 e. The first-order valence-electron chi connectivity index (χ1n) is 0. The van der Waals surface area contributed by atoms with Crippen LogP contribution in [0.4, 0.5) is 0 Å². The van der Waals surface area contributed by atoms with E-state index in [2.05, 4.69) is 0 Å². The second-order valence-electron chi connectivity index (χ2n) is 0. The molecule has 0 fully saturated rings. The maximum absolute atomic E-state index is 0. The second-order valence-corrected chi connectivity index (χ2v) is 0. The van der Waals surface area contributed by atoms with E-state index >= 15 is 0 Å². The molecule has 0 N–H and O–H groups in total. The Morgan fingerprint density at radius 1 is 0.800 bits per heavy atom. The first kappa shape index (κ1) is 31.7. The van der Waals surface area contributed by atoms with Crippen molar-refractivity contribution in [3.8, 4) is 0 Å². The molecular formula is H4Ba2CdZn2. The van der Waals surface area contributed by atoms with Crippen LogP contribution >= 0.6 is 0 Å². The minimum absolute atomic E-state index is 0. The second kappa shape index (κ2) is 22.8. The van der Waals surface area contributed by atoms with Crippen LogP contribution in [-0.4, -0.2) is 97.8 Å². The molecule has 0 nitrogen and oxygen atoms in total. The van der Waals surface area contributed by atoms with Crippen LogP contribution in [0, 0.1) is 0 Å². The first-order valence-corrected chi connectivity index (χ1v) is 0. The molecular weight excluding hydrogens is 518 g/mol. The van der Waals surface area contributed by atoms with Crippen LogP contribution in [0.3, 0.4) is 0 Å². The van der Waals surface area contributed by atoms with Crippen LogP contribution in [0.5, 0.6) is 0 Å². The number of rotatable bonds is 0. The van der Waals surface area contributed by atoms with Crippen LogP contribution < -0.4 is 0 Å². The predicted octanol–water partition coefficient (Wildman–Crippen LogP) is -0.319. The fourth-order valence-corrected chi connectivity index (χ4v) is 0. The van der Waals surface area contributed by atoms with Gasteiger partial charge in [0.05, 0.1) is 0 Å². The van der Waals surface area contributed by atoms with Gasteiger partial charge in [0.15, 0.2) is 0 Å². The molecule has 0 radical (unpaired) electrons. The Balaban J connectivity index is 0. The van der Waals surface area contributed by atoms with Gasteiger partial charge in [0, 0.05) is 66.3 Å². The van der Waals surface area contributed by atoms with E-state index in [4.69, 9.17) is 0 Å². The molecule has 0 bridgehead atoms. The van der Waals surface area contributed by atoms with Gasteiger partial charge in [0.25, 0.3) is 0 Å². The molecule has 0 saturated carbocycles. The van der Waals surface area contributed by atoms with Gasteiger partial charge < -0.3 is 5.71 Å². The summed E-state index contributed by atoms with van der Waals surface area (Å²) in [6.07, 6.45) is 0. The quantitative estimate of drug-likeness (QED) is 0.384. The standard InChI is InChI=1S/2Ba.Cd.2Zn.4H/q2*+2;;;;4*-1. The van der Waals surface area contributed by atoms with Gasteiger partial charge in [0.1, 0.15) is 0 Å². The summed E-state index contributed by atoms with van der Waals surface area (Å²) in [5, 5.41) is 0. The maximum Gasteiger partial charge on any atom is 2.00 e. The minimum atomic E-state index is 0. The Morgan fingerprint density at radius 2 is 0.800 bits per heavy atom. The van der Waals surface area contributed by atoms with Crippen molar-refractivity contribution in [2.24, 2.45) is 0 Å². The molecule has 0 rings (SSSR count). The molecule has 0 aliphatic carbocycles. The van der Waals surface area contributed by atoms with Crippen molar-refractivity contribution in [1.29, 1.82) is 0 Å². The Kier molecular flexibility index (Phi) is 145. The summed E-state index contributed by atoms with van der Waals surface area (Å²) in [4.78, 5) is 0. The summed E-state index contributed by atoms with van der Waals surface area (Å²) in [6, 6.07) is 0. The van der Waals surface area contributed by atoms with E-state index in [0.717, 1.165) is 0 Å². The van der Waals surface area contributed by atoms with Gasteiger partial charge in [0.2, 0.25) is 0 Å². The summed E-state index contributed by atoms with van der Waals surface area (Å²) in [5.41, 5.74) is 0. The van der Waals surface area contributed by atoms with Crippen LogP contribution in [0.2, 0.25) is 0 Å². The molecule has 5 heavy (non-hydrogen) atoms. The van der Waals surface area contributed by atoms with Gasteiger partial charge >= 0.3 is 97.8 Å². The van der Waals surface area contributed by atoms with E-state index in [1.807, 2.05) is 0 Å². The summed E-state index contributed by atoms with van der Waals surface area (Å²) in [7, 11) is 0. The van der Waals surface area contributed by atoms with E-state index < -0.39 is 0 Å². The molecule has 0 aromatic heterocycles. The van der Waals surface area contributed by atoms with Gasteiger partial charge in [-0.05, 0) is 0 Å². The van der Waals surface area contributed by atoms with Gasteiger partial charge in [-0.25, -0.2) is 0 Å².